The van der Waals surface area contributed by atoms with Gasteiger partial charge < -0.3 is 19.4 Å². The molecule has 0 spiro atoms. The second-order valence-electron chi connectivity index (χ2n) is 3.49. The number of aryl methyl sites for hydroxylation is 1. The third kappa shape index (κ3) is 5.20. The van der Waals surface area contributed by atoms with Gasteiger partial charge in [-0.15, -0.1) is 10.2 Å². The molecule has 0 saturated heterocycles. The van der Waals surface area contributed by atoms with Crippen molar-refractivity contribution in [1.82, 2.24) is 20.1 Å². The monoisotopic (exact) mass is 228 g/mol. The van der Waals surface area contributed by atoms with Crippen LogP contribution in [0.25, 0.3) is 0 Å². The Morgan fingerprint density at radius 2 is 2.25 bits per heavy atom. The molecular formula is C10H20N4O2. The van der Waals surface area contributed by atoms with Crippen LogP contribution in [0.2, 0.25) is 0 Å². The van der Waals surface area contributed by atoms with Crippen LogP contribution in [0.5, 0.6) is 0 Å². The molecule has 0 fully saturated rings. The average Bonchev–Trinajstić information content (AvgIpc) is 2.68. The van der Waals surface area contributed by atoms with Gasteiger partial charge in [0.15, 0.2) is 0 Å². The predicted molar refractivity (Wildman–Crippen MR) is 60.0 cm³/mol. The van der Waals surface area contributed by atoms with E-state index in [4.69, 9.17) is 9.47 Å². The molecule has 0 bridgehead atoms. The molecule has 16 heavy (non-hydrogen) atoms. The molecule has 0 unspecified atom stereocenters. The molecule has 0 amide bonds. The molecule has 1 heterocycles. The fourth-order valence-electron chi connectivity index (χ4n) is 1.21. The zero-order valence-electron chi connectivity index (χ0n) is 9.98. The minimum absolute atomic E-state index is 0.659. The van der Waals surface area contributed by atoms with Crippen LogP contribution in [-0.4, -0.2) is 48.2 Å². The molecule has 1 N–H and O–H groups in total. The number of aromatic nitrogens is 3. The molecule has 1 aromatic rings. The molecule has 1 rings (SSSR count). The van der Waals surface area contributed by atoms with Crippen molar-refractivity contribution in [2.24, 2.45) is 7.05 Å². The number of hydrogen-bond donors (Lipinski definition) is 1. The summed E-state index contributed by atoms with van der Waals surface area (Å²) in [6, 6.07) is 0. The van der Waals surface area contributed by atoms with E-state index < -0.39 is 0 Å². The van der Waals surface area contributed by atoms with Crippen molar-refractivity contribution in [3.8, 4) is 0 Å². The van der Waals surface area contributed by atoms with E-state index in [9.17, 15) is 0 Å². The predicted octanol–water partition coefficient (Wildman–Crippen LogP) is -0.0422. The highest BCUT2D eigenvalue weighted by Gasteiger charge is 1.98. The normalized spacial score (nSPS) is 10.9. The molecule has 1 aromatic heterocycles. The lowest BCUT2D eigenvalue weighted by molar-refractivity contribution is 0.0694. The van der Waals surface area contributed by atoms with Crippen molar-refractivity contribution >= 4 is 0 Å². The first-order valence-electron chi connectivity index (χ1n) is 5.45. The van der Waals surface area contributed by atoms with E-state index in [1.165, 1.54) is 0 Å². The van der Waals surface area contributed by atoms with Gasteiger partial charge in [-0.2, -0.15) is 0 Å². The Labute approximate surface area is 96.0 Å². The van der Waals surface area contributed by atoms with E-state index in [2.05, 4.69) is 15.5 Å². The number of nitrogens with one attached hydrogen (secondary N) is 1. The smallest absolute Gasteiger partial charge is 0.146 e. The maximum absolute atomic E-state index is 5.34. The number of ether oxygens (including phenoxy) is 2. The van der Waals surface area contributed by atoms with Gasteiger partial charge >= 0.3 is 0 Å². The Bertz CT molecular complexity index is 278. The van der Waals surface area contributed by atoms with Gasteiger partial charge in [-0.25, -0.2) is 0 Å². The lowest BCUT2D eigenvalue weighted by Gasteiger charge is -2.05. The Balaban J connectivity index is 1.91. The van der Waals surface area contributed by atoms with Crippen LogP contribution in [0.15, 0.2) is 6.33 Å². The summed E-state index contributed by atoms with van der Waals surface area (Å²) >= 11 is 0. The number of hydrogen-bond acceptors (Lipinski definition) is 5. The van der Waals surface area contributed by atoms with E-state index in [1.54, 1.807) is 13.4 Å². The molecule has 0 atom stereocenters. The lowest BCUT2D eigenvalue weighted by atomic mass is 10.4. The van der Waals surface area contributed by atoms with Gasteiger partial charge in [0.1, 0.15) is 12.2 Å². The third-order valence-electron chi connectivity index (χ3n) is 2.16. The second-order valence-corrected chi connectivity index (χ2v) is 3.49. The van der Waals surface area contributed by atoms with Crippen LogP contribution in [0.1, 0.15) is 12.2 Å². The van der Waals surface area contributed by atoms with Gasteiger partial charge in [0, 0.05) is 20.8 Å². The standard InChI is InChI=1S/C10H20N4O2/c1-14-9-12-13-10(14)8-11-4-3-5-16-7-6-15-2/h9,11H,3-8H2,1-2H3. The summed E-state index contributed by atoms with van der Waals surface area (Å²) in [7, 11) is 3.61. The molecule has 6 heteroatoms. The Morgan fingerprint density at radius 3 is 2.94 bits per heavy atom. The Kier molecular flexibility index (Phi) is 6.71. The van der Waals surface area contributed by atoms with Crippen LogP contribution in [-0.2, 0) is 23.1 Å². The summed E-state index contributed by atoms with van der Waals surface area (Å²) in [5, 5.41) is 11.1. The summed E-state index contributed by atoms with van der Waals surface area (Å²) in [6.07, 6.45) is 2.69. The first-order valence-corrected chi connectivity index (χ1v) is 5.45. The second kappa shape index (κ2) is 8.20. The van der Waals surface area contributed by atoms with Crippen molar-refractivity contribution in [3.05, 3.63) is 12.2 Å². The van der Waals surface area contributed by atoms with Crippen LogP contribution >= 0.6 is 0 Å². The van der Waals surface area contributed by atoms with Crippen LogP contribution in [0.4, 0.5) is 0 Å². The highest BCUT2D eigenvalue weighted by Crippen LogP contribution is 1.90. The van der Waals surface area contributed by atoms with Crippen molar-refractivity contribution in [2.75, 3.05) is 33.5 Å². The summed E-state index contributed by atoms with van der Waals surface area (Å²) in [5.74, 6) is 0.945. The fraction of sp³-hybridized carbons (Fsp3) is 0.800. The zero-order chi connectivity index (χ0) is 11.6. The maximum atomic E-state index is 5.34. The summed E-state index contributed by atoms with van der Waals surface area (Å²) in [6.45, 7) is 3.75. The van der Waals surface area contributed by atoms with E-state index in [1.807, 2.05) is 11.6 Å². The maximum Gasteiger partial charge on any atom is 0.146 e. The fourth-order valence-corrected chi connectivity index (χ4v) is 1.21. The highest BCUT2D eigenvalue weighted by molar-refractivity contribution is 4.82. The average molecular weight is 228 g/mol. The van der Waals surface area contributed by atoms with Crippen molar-refractivity contribution in [2.45, 2.75) is 13.0 Å². The topological polar surface area (TPSA) is 61.2 Å². The Hall–Kier alpha value is -0.980. The summed E-state index contributed by atoms with van der Waals surface area (Å²) < 4.78 is 12.1. The Morgan fingerprint density at radius 1 is 1.38 bits per heavy atom. The van der Waals surface area contributed by atoms with Gasteiger partial charge in [0.05, 0.1) is 19.8 Å². The molecular weight excluding hydrogens is 208 g/mol. The molecule has 0 aliphatic rings. The molecule has 92 valence electrons. The van der Waals surface area contributed by atoms with Crippen LogP contribution < -0.4 is 5.32 Å². The minimum Gasteiger partial charge on any atom is -0.382 e. The van der Waals surface area contributed by atoms with E-state index in [-0.39, 0.29) is 0 Å². The van der Waals surface area contributed by atoms with E-state index >= 15 is 0 Å². The molecule has 0 radical (unpaired) electrons. The van der Waals surface area contributed by atoms with Gasteiger partial charge in [-0.3, -0.25) is 0 Å². The highest BCUT2D eigenvalue weighted by atomic mass is 16.5. The van der Waals surface area contributed by atoms with Gasteiger partial charge in [-0.05, 0) is 13.0 Å². The first-order chi connectivity index (χ1) is 7.84. The SMILES string of the molecule is COCCOCCCNCc1nncn1C. The third-order valence-corrected chi connectivity index (χ3v) is 2.16. The van der Waals surface area contributed by atoms with Crippen LogP contribution in [0, 0.1) is 0 Å². The van der Waals surface area contributed by atoms with E-state index in [0.29, 0.717) is 13.2 Å². The number of rotatable bonds is 9. The lowest BCUT2D eigenvalue weighted by Crippen LogP contribution is -2.19. The largest absolute Gasteiger partial charge is 0.382 e. The minimum atomic E-state index is 0.659. The quantitative estimate of drug-likeness (QED) is 0.601. The molecule has 0 aliphatic heterocycles. The summed E-state index contributed by atoms with van der Waals surface area (Å²) in [5.41, 5.74) is 0. The first kappa shape index (κ1) is 13.1. The number of methoxy groups -OCH3 is 1. The number of nitrogens with zero attached hydrogens (tertiary/aromatic N) is 3. The van der Waals surface area contributed by atoms with E-state index in [0.717, 1.165) is 31.9 Å². The van der Waals surface area contributed by atoms with Gasteiger partial charge in [-0.1, -0.05) is 0 Å². The van der Waals surface area contributed by atoms with Gasteiger partial charge in [0.2, 0.25) is 0 Å². The van der Waals surface area contributed by atoms with Gasteiger partial charge in [0.25, 0.3) is 0 Å². The molecule has 0 aliphatic carbocycles. The van der Waals surface area contributed by atoms with Crippen molar-refractivity contribution < 1.29 is 9.47 Å². The van der Waals surface area contributed by atoms with Crippen LogP contribution in [0.3, 0.4) is 0 Å². The molecule has 0 aromatic carbocycles. The summed E-state index contributed by atoms with van der Waals surface area (Å²) in [4.78, 5) is 0. The zero-order valence-corrected chi connectivity index (χ0v) is 9.98. The molecule has 6 nitrogen and oxygen atoms in total. The molecule has 0 saturated carbocycles. The van der Waals surface area contributed by atoms with Crippen molar-refractivity contribution in [1.29, 1.82) is 0 Å². The van der Waals surface area contributed by atoms with Crippen molar-refractivity contribution in [3.63, 3.8) is 0 Å².